The quantitative estimate of drug-likeness (QED) is 0.820. The molecule has 1 heterocycles. The van der Waals surface area contributed by atoms with Crippen molar-refractivity contribution >= 4 is 5.82 Å². The van der Waals surface area contributed by atoms with Gasteiger partial charge in [0.15, 0.2) is 0 Å². The predicted octanol–water partition coefficient (Wildman–Crippen LogP) is 3.01. The van der Waals surface area contributed by atoms with Crippen LogP contribution in [-0.2, 0) is 6.54 Å². The SMILES string of the molecule is COc1cc(CN(C)c2cc(C3CC3)ncn2)cc(OC)c1. The molecule has 0 unspecified atom stereocenters. The number of hydrogen-bond acceptors (Lipinski definition) is 5. The van der Waals surface area contributed by atoms with Crippen molar-refractivity contribution < 1.29 is 9.47 Å². The molecule has 0 atom stereocenters. The van der Waals surface area contributed by atoms with Crippen molar-refractivity contribution in [2.24, 2.45) is 0 Å². The van der Waals surface area contributed by atoms with E-state index in [0.29, 0.717) is 5.92 Å². The van der Waals surface area contributed by atoms with Gasteiger partial charge < -0.3 is 14.4 Å². The van der Waals surface area contributed by atoms with Crippen molar-refractivity contribution in [3.63, 3.8) is 0 Å². The highest BCUT2D eigenvalue weighted by Gasteiger charge is 2.25. The molecule has 1 fully saturated rings. The lowest BCUT2D eigenvalue weighted by atomic mass is 10.2. The lowest BCUT2D eigenvalue weighted by Gasteiger charge is -2.19. The molecule has 1 aromatic heterocycles. The van der Waals surface area contributed by atoms with E-state index >= 15 is 0 Å². The molecule has 0 aliphatic heterocycles. The van der Waals surface area contributed by atoms with Gasteiger partial charge in [-0.2, -0.15) is 0 Å². The molecule has 0 spiro atoms. The van der Waals surface area contributed by atoms with Crippen LogP contribution in [0.1, 0.15) is 30.0 Å². The highest BCUT2D eigenvalue weighted by molar-refractivity contribution is 5.43. The van der Waals surface area contributed by atoms with Crippen LogP contribution in [0.15, 0.2) is 30.6 Å². The summed E-state index contributed by atoms with van der Waals surface area (Å²) in [6.45, 7) is 0.731. The normalized spacial score (nSPS) is 13.8. The standard InChI is InChI=1S/C17H21N3O2/c1-20(17-9-16(13-4-5-13)18-11-19-17)10-12-6-14(21-2)8-15(7-12)22-3/h6-9,11,13H,4-5,10H2,1-3H3. The Hall–Kier alpha value is -2.30. The van der Waals surface area contributed by atoms with Crippen LogP contribution in [0, 0.1) is 0 Å². The van der Waals surface area contributed by atoms with Crippen LogP contribution in [0.3, 0.4) is 0 Å². The minimum Gasteiger partial charge on any atom is -0.497 e. The van der Waals surface area contributed by atoms with Crippen molar-refractivity contribution in [3.05, 3.63) is 41.9 Å². The maximum Gasteiger partial charge on any atom is 0.132 e. The Labute approximate surface area is 130 Å². The second kappa shape index (κ2) is 6.22. The van der Waals surface area contributed by atoms with Crippen molar-refractivity contribution in [1.29, 1.82) is 0 Å². The maximum atomic E-state index is 5.32. The van der Waals surface area contributed by atoms with E-state index < -0.39 is 0 Å². The summed E-state index contributed by atoms with van der Waals surface area (Å²) < 4.78 is 10.6. The Bertz CT molecular complexity index is 634. The van der Waals surface area contributed by atoms with Crippen LogP contribution in [-0.4, -0.2) is 31.2 Å². The summed E-state index contributed by atoms with van der Waals surface area (Å²) in [6, 6.07) is 8.00. The first-order valence-electron chi connectivity index (χ1n) is 7.44. The fourth-order valence-electron chi connectivity index (χ4n) is 2.49. The van der Waals surface area contributed by atoms with Gasteiger partial charge in [-0.3, -0.25) is 0 Å². The Morgan fingerprint density at radius 1 is 1.05 bits per heavy atom. The summed E-state index contributed by atoms with van der Waals surface area (Å²) in [5, 5.41) is 0. The smallest absolute Gasteiger partial charge is 0.132 e. The van der Waals surface area contributed by atoms with Crippen molar-refractivity contribution in [2.75, 3.05) is 26.2 Å². The molecule has 1 aromatic carbocycles. The Balaban J connectivity index is 1.78. The van der Waals surface area contributed by atoms with Gasteiger partial charge >= 0.3 is 0 Å². The van der Waals surface area contributed by atoms with Gasteiger partial charge in [-0.15, -0.1) is 0 Å². The third-order valence-electron chi connectivity index (χ3n) is 3.89. The van der Waals surface area contributed by atoms with Crippen LogP contribution < -0.4 is 14.4 Å². The summed E-state index contributed by atoms with van der Waals surface area (Å²) >= 11 is 0. The molecule has 116 valence electrons. The van der Waals surface area contributed by atoms with Crippen molar-refractivity contribution in [1.82, 2.24) is 9.97 Å². The molecule has 5 heteroatoms. The summed E-state index contributed by atoms with van der Waals surface area (Å²) in [6.07, 6.45) is 4.14. The summed E-state index contributed by atoms with van der Waals surface area (Å²) in [5.74, 6) is 3.17. The van der Waals surface area contributed by atoms with Gasteiger partial charge in [0.05, 0.1) is 14.2 Å². The van der Waals surface area contributed by atoms with E-state index in [1.807, 2.05) is 25.2 Å². The molecule has 1 saturated carbocycles. The molecule has 3 rings (SSSR count). The number of aromatic nitrogens is 2. The molecular formula is C17H21N3O2. The molecule has 5 nitrogen and oxygen atoms in total. The number of rotatable bonds is 6. The van der Waals surface area contributed by atoms with E-state index in [2.05, 4.69) is 20.9 Å². The van der Waals surface area contributed by atoms with E-state index in [1.54, 1.807) is 20.5 Å². The van der Waals surface area contributed by atoms with Crippen molar-refractivity contribution in [2.45, 2.75) is 25.3 Å². The van der Waals surface area contributed by atoms with Gasteiger partial charge in [-0.1, -0.05) is 0 Å². The zero-order valence-electron chi connectivity index (χ0n) is 13.2. The molecule has 22 heavy (non-hydrogen) atoms. The van der Waals surface area contributed by atoms with Gasteiger partial charge in [0, 0.05) is 37.3 Å². The molecule has 2 aromatic rings. The molecule has 0 bridgehead atoms. The van der Waals surface area contributed by atoms with Gasteiger partial charge in [-0.25, -0.2) is 9.97 Å². The first-order valence-corrected chi connectivity index (χ1v) is 7.44. The van der Waals surface area contributed by atoms with Gasteiger partial charge in [-0.05, 0) is 30.5 Å². The summed E-state index contributed by atoms with van der Waals surface area (Å²) in [7, 11) is 5.36. The molecule has 0 radical (unpaired) electrons. The highest BCUT2D eigenvalue weighted by Crippen LogP contribution is 2.39. The number of benzene rings is 1. The van der Waals surface area contributed by atoms with Crippen LogP contribution in [0.4, 0.5) is 5.82 Å². The Morgan fingerprint density at radius 2 is 1.73 bits per heavy atom. The van der Waals surface area contributed by atoms with E-state index in [0.717, 1.165) is 35.1 Å². The number of methoxy groups -OCH3 is 2. The van der Waals surface area contributed by atoms with Crippen molar-refractivity contribution in [3.8, 4) is 11.5 Å². The zero-order valence-corrected chi connectivity index (χ0v) is 13.2. The van der Waals surface area contributed by atoms with E-state index in [1.165, 1.54) is 12.8 Å². The van der Waals surface area contributed by atoms with Crippen LogP contribution >= 0.6 is 0 Å². The lowest BCUT2D eigenvalue weighted by molar-refractivity contribution is 0.393. The topological polar surface area (TPSA) is 47.5 Å². The molecule has 1 aliphatic rings. The first kappa shape index (κ1) is 14.6. The number of ether oxygens (including phenoxy) is 2. The van der Waals surface area contributed by atoms with E-state index in [4.69, 9.17) is 9.47 Å². The minimum absolute atomic E-state index is 0.632. The second-order valence-electron chi connectivity index (χ2n) is 5.65. The van der Waals surface area contributed by atoms with Gasteiger partial charge in [0.25, 0.3) is 0 Å². The lowest BCUT2D eigenvalue weighted by Crippen LogP contribution is -2.18. The zero-order chi connectivity index (χ0) is 15.5. The second-order valence-corrected chi connectivity index (χ2v) is 5.65. The predicted molar refractivity (Wildman–Crippen MR) is 85.7 cm³/mol. The molecule has 1 aliphatic carbocycles. The third-order valence-corrected chi connectivity index (χ3v) is 3.89. The fraction of sp³-hybridized carbons (Fsp3) is 0.412. The highest BCUT2D eigenvalue weighted by atomic mass is 16.5. The molecular weight excluding hydrogens is 278 g/mol. The average Bonchev–Trinajstić information content (AvgIpc) is 3.39. The monoisotopic (exact) mass is 299 g/mol. The Kier molecular flexibility index (Phi) is 4.13. The first-order chi connectivity index (χ1) is 10.7. The molecule has 0 amide bonds. The largest absolute Gasteiger partial charge is 0.497 e. The average molecular weight is 299 g/mol. The van der Waals surface area contributed by atoms with Crippen LogP contribution in [0.5, 0.6) is 11.5 Å². The number of hydrogen-bond donors (Lipinski definition) is 0. The van der Waals surface area contributed by atoms with Gasteiger partial charge in [0.1, 0.15) is 23.6 Å². The fourth-order valence-corrected chi connectivity index (χ4v) is 2.49. The minimum atomic E-state index is 0.632. The van der Waals surface area contributed by atoms with E-state index in [-0.39, 0.29) is 0 Å². The maximum absolute atomic E-state index is 5.32. The molecule has 0 N–H and O–H groups in total. The number of nitrogens with zero attached hydrogens (tertiary/aromatic N) is 3. The number of anilines is 1. The third kappa shape index (κ3) is 3.30. The van der Waals surface area contributed by atoms with E-state index in [9.17, 15) is 0 Å². The van der Waals surface area contributed by atoms with Crippen LogP contribution in [0.2, 0.25) is 0 Å². The summed E-state index contributed by atoms with van der Waals surface area (Å²) in [5.41, 5.74) is 2.27. The summed E-state index contributed by atoms with van der Waals surface area (Å²) in [4.78, 5) is 10.9. The Morgan fingerprint density at radius 3 is 2.32 bits per heavy atom. The molecule has 0 saturated heterocycles. The van der Waals surface area contributed by atoms with Gasteiger partial charge in [0.2, 0.25) is 0 Å². The van der Waals surface area contributed by atoms with Crippen LogP contribution in [0.25, 0.3) is 0 Å².